The Kier molecular flexibility index (Phi) is 4.77. The van der Waals surface area contributed by atoms with Crippen molar-refractivity contribution in [1.29, 1.82) is 0 Å². The van der Waals surface area contributed by atoms with Crippen LogP contribution in [-0.4, -0.2) is 35.0 Å². The molecule has 1 heterocycles. The zero-order valence-corrected chi connectivity index (χ0v) is 14.8. The third-order valence-corrected chi connectivity index (χ3v) is 6.11. The minimum absolute atomic E-state index is 0.0936. The van der Waals surface area contributed by atoms with Gasteiger partial charge < -0.3 is 5.11 Å². The van der Waals surface area contributed by atoms with Gasteiger partial charge in [0.2, 0.25) is 5.72 Å². The van der Waals surface area contributed by atoms with E-state index in [4.69, 9.17) is 0 Å². The standard InChI is InChI=1S/C16H11F8NO3S/c17-12-4-3-8(6-9(12)13(18)19)10-7-25(29(27,28)16(22,23)24)15(26)11(10)2-1-5-14(15,20)21/h2-4,6-7,13,26H,1,5H2/t15-/m0/s1. The Bertz CT molecular complexity index is 1020. The van der Waals surface area contributed by atoms with E-state index in [1.807, 2.05) is 0 Å². The minimum atomic E-state index is -6.49. The maximum absolute atomic E-state index is 14.5. The highest BCUT2D eigenvalue weighted by Gasteiger charge is 2.69. The Morgan fingerprint density at radius 3 is 2.34 bits per heavy atom. The highest BCUT2D eigenvalue weighted by Crippen LogP contribution is 2.55. The van der Waals surface area contributed by atoms with Crippen molar-refractivity contribution in [2.24, 2.45) is 0 Å². The predicted molar refractivity (Wildman–Crippen MR) is 83.4 cm³/mol. The second-order valence-electron chi connectivity index (χ2n) is 6.36. The molecular formula is C16H11F8NO3S. The Hall–Kier alpha value is -2.15. The van der Waals surface area contributed by atoms with Crippen molar-refractivity contribution >= 4 is 15.6 Å². The molecule has 0 aromatic heterocycles. The number of sulfonamides is 1. The van der Waals surface area contributed by atoms with E-state index in [0.717, 1.165) is 12.1 Å². The van der Waals surface area contributed by atoms with Gasteiger partial charge in [-0.1, -0.05) is 12.1 Å². The fourth-order valence-corrected chi connectivity index (χ4v) is 4.28. The smallest absolute Gasteiger partial charge is 0.361 e. The Labute approximate surface area is 158 Å². The lowest BCUT2D eigenvalue weighted by Gasteiger charge is -2.42. The molecule has 1 atom stereocenters. The molecule has 2 aliphatic rings. The summed E-state index contributed by atoms with van der Waals surface area (Å²) in [7, 11) is -6.49. The van der Waals surface area contributed by atoms with E-state index >= 15 is 0 Å². The molecule has 1 aliphatic heterocycles. The Morgan fingerprint density at radius 2 is 1.79 bits per heavy atom. The van der Waals surface area contributed by atoms with E-state index in [-0.39, 0.29) is 6.20 Å². The highest BCUT2D eigenvalue weighted by molar-refractivity contribution is 7.90. The van der Waals surface area contributed by atoms with Gasteiger partial charge in [0, 0.05) is 23.8 Å². The third-order valence-electron chi connectivity index (χ3n) is 4.64. The van der Waals surface area contributed by atoms with Gasteiger partial charge in [-0.25, -0.2) is 26.3 Å². The van der Waals surface area contributed by atoms with E-state index in [0.29, 0.717) is 12.1 Å². The van der Waals surface area contributed by atoms with Crippen molar-refractivity contribution in [3.8, 4) is 0 Å². The third kappa shape index (κ3) is 3.01. The first-order chi connectivity index (χ1) is 13.1. The molecule has 0 saturated heterocycles. The molecule has 1 N–H and O–H groups in total. The minimum Gasteiger partial charge on any atom is -0.361 e. The van der Waals surface area contributed by atoms with Crippen LogP contribution in [0.25, 0.3) is 5.57 Å². The number of hydrogen-bond donors (Lipinski definition) is 1. The zero-order valence-electron chi connectivity index (χ0n) is 14.0. The summed E-state index contributed by atoms with van der Waals surface area (Å²) in [6.07, 6.45) is -3.96. The first kappa shape index (κ1) is 21.6. The lowest BCUT2D eigenvalue weighted by Crippen LogP contribution is -2.62. The number of alkyl halides is 7. The average molecular weight is 449 g/mol. The second kappa shape index (κ2) is 6.42. The molecule has 13 heteroatoms. The summed E-state index contributed by atoms with van der Waals surface area (Å²) < 4.78 is 130. The van der Waals surface area contributed by atoms with Crippen molar-refractivity contribution in [2.75, 3.05) is 0 Å². The van der Waals surface area contributed by atoms with Gasteiger partial charge in [0.15, 0.2) is 0 Å². The number of hydrogen-bond acceptors (Lipinski definition) is 3. The zero-order chi connectivity index (χ0) is 22.0. The van der Waals surface area contributed by atoms with Crippen LogP contribution in [0.1, 0.15) is 30.4 Å². The topological polar surface area (TPSA) is 57.6 Å². The summed E-state index contributed by atoms with van der Waals surface area (Å²) in [6, 6.07) is 1.81. The molecule has 29 heavy (non-hydrogen) atoms. The van der Waals surface area contributed by atoms with E-state index in [1.165, 1.54) is 0 Å². The van der Waals surface area contributed by atoms with Gasteiger partial charge >= 0.3 is 15.5 Å². The summed E-state index contributed by atoms with van der Waals surface area (Å²) in [5.41, 5.74) is -13.2. The molecule has 0 spiro atoms. The van der Waals surface area contributed by atoms with Gasteiger partial charge in [0.05, 0.1) is 5.56 Å². The van der Waals surface area contributed by atoms with Gasteiger partial charge in [0.1, 0.15) is 5.82 Å². The van der Waals surface area contributed by atoms with Crippen LogP contribution in [0, 0.1) is 5.82 Å². The fourth-order valence-electron chi connectivity index (χ4n) is 3.23. The molecule has 160 valence electrons. The van der Waals surface area contributed by atoms with E-state index in [2.05, 4.69) is 0 Å². The molecule has 0 amide bonds. The van der Waals surface area contributed by atoms with Crippen LogP contribution in [0.2, 0.25) is 0 Å². The molecule has 1 aromatic carbocycles. The second-order valence-corrected chi connectivity index (χ2v) is 8.17. The molecule has 4 nitrogen and oxygen atoms in total. The summed E-state index contributed by atoms with van der Waals surface area (Å²) in [6.45, 7) is 0. The molecule has 1 aliphatic carbocycles. The van der Waals surface area contributed by atoms with Crippen LogP contribution >= 0.6 is 0 Å². The normalized spacial score (nSPS) is 24.4. The van der Waals surface area contributed by atoms with Crippen molar-refractivity contribution < 1.29 is 48.6 Å². The van der Waals surface area contributed by atoms with Crippen molar-refractivity contribution in [3.63, 3.8) is 0 Å². The van der Waals surface area contributed by atoms with Crippen molar-refractivity contribution in [3.05, 3.63) is 53.0 Å². The average Bonchev–Trinajstić information content (AvgIpc) is 2.90. The maximum Gasteiger partial charge on any atom is 0.516 e. The molecule has 1 aromatic rings. The van der Waals surface area contributed by atoms with Crippen LogP contribution in [0.5, 0.6) is 0 Å². The summed E-state index contributed by atoms with van der Waals surface area (Å²) in [4.78, 5) is 0. The lowest BCUT2D eigenvalue weighted by molar-refractivity contribution is -0.204. The molecule has 0 radical (unpaired) electrons. The number of nitrogens with zero attached hydrogens (tertiary/aromatic N) is 1. The summed E-state index contributed by atoms with van der Waals surface area (Å²) in [5, 5.41) is 10.5. The van der Waals surface area contributed by atoms with Gasteiger partial charge in [-0.2, -0.15) is 21.6 Å². The molecule has 0 unspecified atom stereocenters. The van der Waals surface area contributed by atoms with E-state index in [9.17, 15) is 48.6 Å². The predicted octanol–water partition coefficient (Wildman–Crippen LogP) is 4.31. The highest BCUT2D eigenvalue weighted by atomic mass is 32.2. The van der Waals surface area contributed by atoms with Crippen LogP contribution in [0.4, 0.5) is 35.1 Å². The van der Waals surface area contributed by atoms with Crippen LogP contribution in [0.15, 0.2) is 36.0 Å². The first-order valence-corrected chi connectivity index (χ1v) is 9.30. The van der Waals surface area contributed by atoms with Gasteiger partial charge in [-0.05, 0) is 24.1 Å². The molecule has 0 saturated carbocycles. The Balaban J connectivity index is 2.28. The first-order valence-electron chi connectivity index (χ1n) is 7.86. The molecule has 0 bridgehead atoms. The number of aliphatic hydroxyl groups is 1. The molecule has 0 fully saturated rings. The van der Waals surface area contributed by atoms with Crippen LogP contribution in [-0.2, 0) is 10.0 Å². The summed E-state index contributed by atoms with van der Waals surface area (Å²) >= 11 is 0. The number of benzene rings is 1. The molecule has 3 rings (SSSR count). The summed E-state index contributed by atoms with van der Waals surface area (Å²) in [5.74, 6) is -5.69. The van der Waals surface area contributed by atoms with E-state index < -0.39 is 78.8 Å². The monoisotopic (exact) mass is 449 g/mol. The largest absolute Gasteiger partial charge is 0.516 e. The number of rotatable bonds is 3. The fraction of sp³-hybridized carbons (Fsp3) is 0.375. The number of halogens is 8. The van der Waals surface area contributed by atoms with Gasteiger partial charge in [0.25, 0.3) is 12.3 Å². The van der Waals surface area contributed by atoms with Crippen molar-refractivity contribution in [2.45, 2.75) is 36.4 Å². The Morgan fingerprint density at radius 1 is 1.17 bits per heavy atom. The number of allylic oxidation sites excluding steroid dienone is 1. The van der Waals surface area contributed by atoms with Gasteiger partial charge in [-0.15, -0.1) is 0 Å². The van der Waals surface area contributed by atoms with Crippen molar-refractivity contribution in [1.82, 2.24) is 4.31 Å². The quantitative estimate of drug-likeness (QED) is 0.700. The van der Waals surface area contributed by atoms with Gasteiger partial charge in [-0.3, -0.25) is 0 Å². The maximum atomic E-state index is 14.5. The lowest BCUT2D eigenvalue weighted by atomic mass is 9.83. The SMILES string of the molecule is O=S(=O)(N1C=C(c2ccc(F)c(C(F)F)c2)C2=CCCC(F)(F)[C@@]21O)C(F)(F)F. The van der Waals surface area contributed by atoms with Crippen LogP contribution in [0.3, 0.4) is 0 Å². The van der Waals surface area contributed by atoms with E-state index in [1.54, 1.807) is 0 Å². The van der Waals surface area contributed by atoms with Crippen LogP contribution < -0.4 is 0 Å². The molecular weight excluding hydrogens is 438 g/mol. The number of fused-ring (bicyclic) bond motifs is 1.